The van der Waals surface area contributed by atoms with Gasteiger partial charge in [0.05, 0.1) is 4.90 Å². The molecule has 0 bridgehead atoms. The molecule has 3 aromatic carbocycles. The van der Waals surface area contributed by atoms with Gasteiger partial charge in [-0.05, 0) is 54.4 Å². The van der Waals surface area contributed by atoms with Crippen molar-refractivity contribution < 1.29 is 21.7 Å². The largest absolute Gasteiger partial charge is 0.484 e. The van der Waals surface area contributed by atoms with E-state index in [1.54, 1.807) is 24.3 Å². The van der Waals surface area contributed by atoms with Gasteiger partial charge in [-0.15, -0.1) is 0 Å². The van der Waals surface area contributed by atoms with E-state index in [1.165, 1.54) is 18.2 Å². The molecule has 0 radical (unpaired) electrons. The smallest absolute Gasteiger partial charge is 0.297 e. The fourth-order valence-corrected chi connectivity index (χ4v) is 4.29. The van der Waals surface area contributed by atoms with E-state index < -0.39 is 22.0 Å². The first-order valence-corrected chi connectivity index (χ1v) is 10.8. The average molecular weight is 433 g/mol. The zero-order valence-electron chi connectivity index (χ0n) is 15.6. The quantitative estimate of drug-likeness (QED) is 0.522. The lowest BCUT2D eigenvalue weighted by atomic mass is 10.0. The van der Waals surface area contributed by atoms with Gasteiger partial charge in [0.25, 0.3) is 10.1 Å². The number of ether oxygens (including phenoxy) is 1. The highest BCUT2D eigenvalue weighted by Gasteiger charge is 2.29. The molecule has 150 valence electrons. The highest BCUT2D eigenvalue weighted by atomic mass is 35.5. The van der Waals surface area contributed by atoms with Crippen LogP contribution < -0.4 is 4.74 Å². The van der Waals surface area contributed by atoms with E-state index in [0.29, 0.717) is 22.6 Å². The van der Waals surface area contributed by atoms with Crippen molar-refractivity contribution in [2.45, 2.75) is 24.3 Å². The molecule has 0 amide bonds. The topological polar surface area (TPSA) is 52.6 Å². The minimum absolute atomic E-state index is 0.0785. The Hall–Kier alpha value is -2.41. The monoisotopic (exact) mass is 432 g/mol. The fourth-order valence-electron chi connectivity index (χ4n) is 3.23. The van der Waals surface area contributed by atoms with E-state index in [9.17, 15) is 12.8 Å². The van der Waals surface area contributed by atoms with Gasteiger partial charge < -0.3 is 4.74 Å². The van der Waals surface area contributed by atoms with E-state index in [-0.39, 0.29) is 17.3 Å². The van der Waals surface area contributed by atoms with E-state index in [2.05, 4.69) is 0 Å². The van der Waals surface area contributed by atoms with Crippen molar-refractivity contribution in [3.63, 3.8) is 0 Å². The van der Waals surface area contributed by atoms with Crippen LogP contribution in [0.15, 0.2) is 65.6 Å². The third-order valence-corrected chi connectivity index (χ3v) is 6.30. The van der Waals surface area contributed by atoms with Crippen LogP contribution in [0.4, 0.5) is 4.39 Å². The number of aryl methyl sites for hydroxylation is 1. The highest BCUT2D eigenvalue weighted by molar-refractivity contribution is 7.86. The second-order valence-corrected chi connectivity index (χ2v) is 9.00. The Bertz CT molecular complexity index is 1140. The molecule has 1 unspecified atom stereocenters. The second-order valence-electron chi connectivity index (χ2n) is 6.95. The molecule has 29 heavy (non-hydrogen) atoms. The summed E-state index contributed by atoms with van der Waals surface area (Å²) in [4.78, 5) is 0.0785. The van der Waals surface area contributed by atoms with Crippen LogP contribution in [0.25, 0.3) is 11.1 Å². The molecule has 0 saturated heterocycles. The van der Waals surface area contributed by atoms with Crippen LogP contribution in [0.5, 0.6) is 5.75 Å². The first kappa shape index (κ1) is 19.9. The molecule has 0 spiro atoms. The molecule has 1 atom stereocenters. The molecule has 7 heteroatoms. The third-order valence-electron chi connectivity index (χ3n) is 4.75. The van der Waals surface area contributed by atoms with Crippen molar-refractivity contribution >= 4 is 21.7 Å². The minimum atomic E-state index is -3.90. The molecule has 3 aromatic rings. The summed E-state index contributed by atoms with van der Waals surface area (Å²) >= 11 is 5.91. The normalized spacial score (nSPS) is 15.8. The van der Waals surface area contributed by atoms with E-state index in [4.69, 9.17) is 20.5 Å². The molecule has 0 saturated carbocycles. The average Bonchev–Trinajstić information content (AvgIpc) is 3.11. The summed E-state index contributed by atoms with van der Waals surface area (Å²) in [7, 11) is -3.90. The number of rotatable bonds is 5. The van der Waals surface area contributed by atoms with Crippen LogP contribution in [0, 0.1) is 12.7 Å². The van der Waals surface area contributed by atoms with Crippen LogP contribution in [0.3, 0.4) is 0 Å². The molecule has 1 aliphatic rings. The van der Waals surface area contributed by atoms with Crippen LogP contribution in [-0.4, -0.2) is 21.1 Å². The maximum Gasteiger partial charge on any atom is 0.297 e. The molecular weight excluding hydrogens is 415 g/mol. The summed E-state index contributed by atoms with van der Waals surface area (Å²) < 4.78 is 50.0. The molecule has 4 rings (SSSR count). The molecule has 0 N–H and O–H groups in total. The maximum atomic E-state index is 14.6. The lowest BCUT2D eigenvalue weighted by molar-refractivity contribution is 0.148. The van der Waals surface area contributed by atoms with Gasteiger partial charge in [0.2, 0.25) is 0 Å². The Morgan fingerprint density at radius 2 is 1.76 bits per heavy atom. The SMILES string of the molecule is Cc1ccc(S(=O)(=O)OCC2Cc3cc(-c4ccc(Cl)cc4)cc(F)c3O2)cc1. The Morgan fingerprint density at radius 3 is 2.45 bits per heavy atom. The summed E-state index contributed by atoms with van der Waals surface area (Å²) in [6, 6.07) is 16.7. The fraction of sp³-hybridized carbons (Fsp3) is 0.182. The molecule has 1 heterocycles. The van der Waals surface area contributed by atoms with Crippen molar-refractivity contribution in [3.05, 3.63) is 82.6 Å². The van der Waals surface area contributed by atoms with Gasteiger partial charge in [-0.1, -0.05) is 41.4 Å². The molecular formula is C22H18ClFO4S. The van der Waals surface area contributed by atoms with Crippen LogP contribution in [0.1, 0.15) is 11.1 Å². The van der Waals surface area contributed by atoms with Crippen molar-refractivity contribution in [3.8, 4) is 16.9 Å². The van der Waals surface area contributed by atoms with E-state index in [0.717, 1.165) is 11.1 Å². The van der Waals surface area contributed by atoms with Gasteiger partial charge in [0, 0.05) is 17.0 Å². The highest BCUT2D eigenvalue weighted by Crippen LogP contribution is 2.36. The van der Waals surface area contributed by atoms with Crippen molar-refractivity contribution in [1.82, 2.24) is 0 Å². The van der Waals surface area contributed by atoms with Crippen LogP contribution in [-0.2, 0) is 20.7 Å². The minimum Gasteiger partial charge on any atom is -0.484 e. The molecule has 4 nitrogen and oxygen atoms in total. The Morgan fingerprint density at radius 1 is 1.07 bits per heavy atom. The van der Waals surface area contributed by atoms with Crippen molar-refractivity contribution in [2.75, 3.05) is 6.61 Å². The van der Waals surface area contributed by atoms with Gasteiger partial charge in [0.1, 0.15) is 12.7 Å². The first-order valence-electron chi connectivity index (χ1n) is 9.03. The second kappa shape index (κ2) is 7.78. The summed E-state index contributed by atoms with van der Waals surface area (Å²) in [5.41, 5.74) is 3.16. The number of benzene rings is 3. The van der Waals surface area contributed by atoms with Gasteiger partial charge >= 0.3 is 0 Å². The van der Waals surface area contributed by atoms with Crippen molar-refractivity contribution in [2.24, 2.45) is 0 Å². The zero-order valence-corrected chi connectivity index (χ0v) is 17.1. The number of halogens is 2. The Balaban J connectivity index is 1.48. The first-order chi connectivity index (χ1) is 13.8. The lowest BCUT2D eigenvalue weighted by Crippen LogP contribution is -2.23. The van der Waals surface area contributed by atoms with Crippen molar-refractivity contribution in [1.29, 1.82) is 0 Å². The zero-order chi connectivity index (χ0) is 20.6. The summed E-state index contributed by atoms with van der Waals surface area (Å²) in [5, 5.41) is 0.603. The molecule has 0 aromatic heterocycles. The van der Waals surface area contributed by atoms with Crippen LogP contribution in [0.2, 0.25) is 5.02 Å². The third kappa shape index (κ3) is 4.29. The molecule has 1 aliphatic heterocycles. The molecule has 0 fully saturated rings. The summed E-state index contributed by atoms with van der Waals surface area (Å²) in [5.74, 6) is -0.347. The van der Waals surface area contributed by atoms with Crippen LogP contribution >= 0.6 is 11.6 Å². The molecule has 0 aliphatic carbocycles. The number of hydrogen-bond donors (Lipinski definition) is 0. The maximum absolute atomic E-state index is 14.6. The van der Waals surface area contributed by atoms with E-state index >= 15 is 0 Å². The van der Waals surface area contributed by atoms with Gasteiger partial charge in [0.15, 0.2) is 11.6 Å². The lowest BCUT2D eigenvalue weighted by Gasteiger charge is -2.12. The standard InChI is InChI=1S/C22H18ClFO4S/c1-14-2-8-20(9-3-14)29(25,26)27-13-19-11-17-10-16(12-21(24)22(17)28-19)15-4-6-18(23)7-5-15/h2-10,12,19H,11,13H2,1H3. The predicted octanol–water partition coefficient (Wildman–Crippen LogP) is 5.16. The Labute approximate surface area is 174 Å². The van der Waals surface area contributed by atoms with Gasteiger partial charge in [-0.2, -0.15) is 8.42 Å². The number of hydrogen-bond acceptors (Lipinski definition) is 4. The predicted molar refractivity (Wildman–Crippen MR) is 109 cm³/mol. The summed E-state index contributed by atoms with van der Waals surface area (Å²) in [6.07, 6.45) is -0.225. The van der Waals surface area contributed by atoms with Gasteiger partial charge in [-0.3, -0.25) is 4.18 Å². The Kier molecular flexibility index (Phi) is 5.34. The van der Waals surface area contributed by atoms with Gasteiger partial charge in [-0.25, -0.2) is 4.39 Å². The summed E-state index contributed by atoms with van der Waals surface area (Å²) in [6.45, 7) is 1.67. The number of fused-ring (bicyclic) bond motifs is 1. The van der Waals surface area contributed by atoms with E-state index in [1.807, 2.05) is 25.1 Å².